The van der Waals surface area contributed by atoms with E-state index in [-0.39, 0.29) is 11.6 Å². The predicted octanol–water partition coefficient (Wildman–Crippen LogP) is 5.04. The van der Waals surface area contributed by atoms with Gasteiger partial charge in [0, 0.05) is 16.1 Å². The SMILES string of the molecule is COc1ccc(C(C)NC(C)(C)c2ccc(Br)cc2)cc1. The Bertz CT molecular complexity index is 575. The minimum atomic E-state index is -0.0972. The van der Waals surface area contributed by atoms with Gasteiger partial charge in [-0.1, -0.05) is 40.2 Å². The van der Waals surface area contributed by atoms with Crippen molar-refractivity contribution in [2.24, 2.45) is 0 Å². The Morgan fingerprint density at radius 2 is 1.57 bits per heavy atom. The van der Waals surface area contributed by atoms with Gasteiger partial charge in [0.25, 0.3) is 0 Å². The number of hydrogen-bond acceptors (Lipinski definition) is 2. The Kier molecular flexibility index (Phi) is 5.07. The van der Waals surface area contributed by atoms with Gasteiger partial charge < -0.3 is 10.1 Å². The molecule has 0 amide bonds. The van der Waals surface area contributed by atoms with Crippen LogP contribution in [-0.2, 0) is 5.54 Å². The summed E-state index contributed by atoms with van der Waals surface area (Å²) in [4.78, 5) is 0. The topological polar surface area (TPSA) is 21.3 Å². The molecule has 0 bridgehead atoms. The minimum Gasteiger partial charge on any atom is -0.497 e. The molecule has 2 nitrogen and oxygen atoms in total. The van der Waals surface area contributed by atoms with Crippen LogP contribution in [0.3, 0.4) is 0 Å². The Labute approximate surface area is 135 Å². The lowest BCUT2D eigenvalue weighted by Gasteiger charge is -2.31. The lowest BCUT2D eigenvalue weighted by molar-refractivity contribution is 0.357. The molecule has 0 aliphatic rings. The fourth-order valence-corrected chi connectivity index (χ4v) is 2.73. The van der Waals surface area contributed by atoms with Crippen molar-refractivity contribution >= 4 is 15.9 Å². The summed E-state index contributed by atoms with van der Waals surface area (Å²) in [5, 5.41) is 3.69. The van der Waals surface area contributed by atoms with Crippen molar-refractivity contribution in [3.05, 3.63) is 64.1 Å². The van der Waals surface area contributed by atoms with Crippen LogP contribution in [0.15, 0.2) is 53.0 Å². The van der Waals surface area contributed by atoms with Crippen LogP contribution < -0.4 is 10.1 Å². The lowest BCUT2D eigenvalue weighted by atomic mass is 9.92. The van der Waals surface area contributed by atoms with Gasteiger partial charge in [-0.05, 0) is 56.2 Å². The maximum Gasteiger partial charge on any atom is 0.118 e. The highest BCUT2D eigenvalue weighted by Crippen LogP contribution is 2.26. The molecule has 112 valence electrons. The molecule has 0 aliphatic heterocycles. The van der Waals surface area contributed by atoms with E-state index >= 15 is 0 Å². The van der Waals surface area contributed by atoms with E-state index in [9.17, 15) is 0 Å². The smallest absolute Gasteiger partial charge is 0.118 e. The first kappa shape index (κ1) is 16.1. The zero-order valence-electron chi connectivity index (χ0n) is 13.0. The molecule has 0 fully saturated rings. The maximum atomic E-state index is 5.21. The quantitative estimate of drug-likeness (QED) is 0.817. The monoisotopic (exact) mass is 347 g/mol. The van der Waals surface area contributed by atoms with Crippen LogP contribution in [0.25, 0.3) is 0 Å². The molecule has 2 aromatic rings. The van der Waals surface area contributed by atoms with Crippen molar-refractivity contribution in [3.63, 3.8) is 0 Å². The van der Waals surface area contributed by atoms with Crippen LogP contribution in [0.4, 0.5) is 0 Å². The maximum absolute atomic E-state index is 5.21. The van der Waals surface area contributed by atoms with Crippen LogP contribution in [0.2, 0.25) is 0 Å². The summed E-state index contributed by atoms with van der Waals surface area (Å²) in [6.07, 6.45) is 0. The van der Waals surface area contributed by atoms with Gasteiger partial charge in [0.1, 0.15) is 5.75 Å². The largest absolute Gasteiger partial charge is 0.497 e. The molecule has 0 saturated heterocycles. The summed E-state index contributed by atoms with van der Waals surface area (Å²) >= 11 is 3.48. The second kappa shape index (κ2) is 6.63. The average molecular weight is 348 g/mol. The summed E-state index contributed by atoms with van der Waals surface area (Å²) in [6, 6.07) is 16.9. The first-order chi connectivity index (χ1) is 9.92. The molecule has 0 aliphatic carbocycles. The van der Waals surface area contributed by atoms with Crippen LogP contribution in [-0.4, -0.2) is 7.11 Å². The average Bonchev–Trinajstić information content (AvgIpc) is 2.47. The van der Waals surface area contributed by atoms with Gasteiger partial charge in [0.05, 0.1) is 7.11 Å². The molecular formula is C18H22BrNO. The van der Waals surface area contributed by atoms with Gasteiger partial charge >= 0.3 is 0 Å². The molecule has 0 saturated carbocycles. The number of rotatable bonds is 5. The van der Waals surface area contributed by atoms with Crippen LogP contribution in [0.1, 0.15) is 37.9 Å². The Morgan fingerprint density at radius 1 is 1.00 bits per heavy atom. The second-order valence-electron chi connectivity index (χ2n) is 5.77. The number of ether oxygens (including phenoxy) is 1. The normalized spacial score (nSPS) is 13.0. The molecule has 2 rings (SSSR count). The number of methoxy groups -OCH3 is 1. The molecule has 1 N–H and O–H groups in total. The van der Waals surface area contributed by atoms with Crippen LogP contribution in [0, 0.1) is 0 Å². The Balaban J connectivity index is 2.12. The second-order valence-corrected chi connectivity index (χ2v) is 6.69. The van der Waals surface area contributed by atoms with Crippen molar-refractivity contribution in [2.45, 2.75) is 32.4 Å². The molecule has 1 atom stereocenters. The predicted molar refractivity (Wildman–Crippen MR) is 91.7 cm³/mol. The van der Waals surface area contributed by atoms with Gasteiger partial charge in [0.15, 0.2) is 0 Å². The molecule has 0 heterocycles. The molecule has 2 aromatic carbocycles. The van der Waals surface area contributed by atoms with Gasteiger partial charge in [-0.15, -0.1) is 0 Å². The molecular weight excluding hydrogens is 326 g/mol. The number of benzene rings is 2. The third-order valence-corrected chi connectivity index (χ3v) is 4.29. The van der Waals surface area contributed by atoms with E-state index in [1.807, 2.05) is 12.1 Å². The zero-order chi connectivity index (χ0) is 15.5. The molecule has 1 unspecified atom stereocenters. The highest BCUT2D eigenvalue weighted by molar-refractivity contribution is 9.10. The number of halogens is 1. The van der Waals surface area contributed by atoms with Crippen LogP contribution >= 0.6 is 15.9 Å². The van der Waals surface area contributed by atoms with E-state index < -0.39 is 0 Å². The fraction of sp³-hybridized carbons (Fsp3) is 0.333. The van der Waals surface area contributed by atoms with Crippen molar-refractivity contribution in [1.29, 1.82) is 0 Å². The van der Waals surface area contributed by atoms with E-state index in [0.717, 1.165) is 10.2 Å². The van der Waals surface area contributed by atoms with Crippen molar-refractivity contribution < 1.29 is 4.74 Å². The van der Waals surface area contributed by atoms with E-state index in [1.54, 1.807) is 7.11 Å². The van der Waals surface area contributed by atoms with E-state index in [2.05, 4.69) is 78.4 Å². The molecule has 3 heteroatoms. The summed E-state index contributed by atoms with van der Waals surface area (Å²) < 4.78 is 6.31. The third kappa shape index (κ3) is 4.08. The summed E-state index contributed by atoms with van der Waals surface area (Å²) in [6.45, 7) is 6.59. The van der Waals surface area contributed by atoms with Crippen molar-refractivity contribution in [3.8, 4) is 5.75 Å². The number of hydrogen-bond donors (Lipinski definition) is 1. The molecule has 0 spiro atoms. The standard InChI is InChI=1S/C18H22BrNO/c1-13(14-5-11-17(21-4)12-6-14)20-18(2,3)15-7-9-16(19)10-8-15/h5-13,20H,1-4H3. The first-order valence-corrected chi connectivity index (χ1v) is 7.89. The fourth-order valence-electron chi connectivity index (χ4n) is 2.47. The Morgan fingerprint density at radius 3 is 2.10 bits per heavy atom. The highest BCUT2D eigenvalue weighted by Gasteiger charge is 2.22. The number of nitrogens with one attached hydrogen (secondary N) is 1. The lowest BCUT2D eigenvalue weighted by Crippen LogP contribution is -2.38. The summed E-state index contributed by atoms with van der Waals surface area (Å²) in [5.74, 6) is 0.887. The van der Waals surface area contributed by atoms with Gasteiger partial charge in [-0.2, -0.15) is 0 Å². The third-order valence-electron chi connectivity index (χ3n) is 3.76. The molecule has 21 heavy (non-hydrogen) atoms. The Hall–Kier alpha value is -1.32. The van der Waals surface area contributed by atoms with Crippen molar-refractivity contribution in [2.75, 3.05) is 7.11 Å². The van der Waals surface area contributed by atoms with E-state index in [4.69, 9.17) is 4.74 Å². The van der Waals surface area contributed by atoms with E-state index in [0.29, 0.717) is 0 Å². The molecule has 0 radical (unpaired) electrons. The molecule has 0 aromatic heterocycles. The van der Waals surface area contributed by atoms with Gasteiger partial charge in [-0.25, -0.2) is 0 Å². The summed E-state index contributed by atoms with van der Waals surface area (Å²) in [5.41, 5.74) is 2.42. The van der Waals surface area contributed by atoms with Crippen molar-refractivity contribution in [1.82, 2.24) is 5.32 Å². The van der Waals surface area contributed by atoms with E-state index in [1.165, 1.54) is 11.1 Å². The summed E-state index contributed by atoms with van der Waals surface area (Å²) in [7, 11) is 1.69. The van der Waals surface area contributed by atoms with Gasteiger partial charge in [-0.3, -0.25) is 0 Å². The zero-order valence-corrected chi connectivity index (χ0v) is 14.6. The van der Waals surface area contributed by atoms with Crippen LogP contribution in [0.5, 0.6) is 5.75 Å². The van der Waals surface area contributed by atoms with Gasteiger partial charge in [0.2, 0.25) is 0 Å². The highest BCUT2D eigenvalue weighted by atomic mass is 79.9. The first-order valence-electron chi connectivity index (χ1n) is 7.10. The minimum absolute atomic E-state index is 0.0972.